The Morgan fingerprint density at radius 3 is 2.89 bits per heavy atom. The Labute approximate surface area is 218 Å². The average molecular weight is 499 g/mol. The van der Waals surface area contributed by atoms with E-state index >= 15 is 0 Å². The molecule has 192 valence electrons. The van der Waals surface area contributed by atoms with E-state index in [0.717, 1.165) is 56.8 Å². The predicted octanol–water partition coefficient (Wildman–Crippen LogP) is 3.86. The molecule has 2 saturated heterocycles. The lowest BCUT2D eigenvalue weighted by Crippen LogP contribution is -2.51. The highest BCUT2D eigenvalue weighted by atomic mass is 16.5. The number of nitriles is 1. The number of piperazine rings is 1. The summed E-state index contributed by atoms with van der Waals surface area (Å²) in [6.45, 7) is 4.03. The van der Waals surface area contributed by atoms with Crippen molar-refractivity contribution < 1.29 is 9.47 Å². The minimum atomic E-state index is -0.0791. The lowest BCUT2D eigenvalue weighted by atomic mass is 9.94. The van der Waals surface area contributed by atoms with Crippen molar-refractivity contribution in [1.29, 1.82) is 5.26 Å². The molecule has 6 rings (SSSR count). The van der Waals surface area contributed by atoms with Gasteiger partial charge in [0.1, 0.15) is 18.5 Å². The number of benzene rings is 2. The maximum absolute atomic E-state index is 9.24. The molecule has 0 saturated carbocycles. The zero-order valence-electron chi connectivity index (χ0n) is 21.4. The van der Waals surface area contributed by atoms with Crippen LogP contribution in [0.25, 0.3) is 10.8 Å². The molecule has 0 bridgehead atoms. The van der Waals surface area contributed by atoms with Gasteiger partial charge in [0.05, 0.1) is 18.1 Å². The van der Waals surface area contributed by atoms with E-state index in [1.807, 2.05) is 0 Å². The molecular weight excluding hydrogens is 464 g/mol. The van der Waals surface area contributed by atoms with Crippen molar-refractivity contribution in [2.45, 2.75) is 50.3 Å². The minimum absolute atomic E-state index is 0.0791. The first-order valence-corrected chi connectivity index (χ1v) is 13.4. The van der Waals surface area contributed by atoms with Crippen molar-refractivity contribution in [3.05, 3.63) is 53.6 Å². The van der Waals surface area contributed by atoms with Crippen molar-refractivity contribution in [3.8, 4) is 18.0 Å². The summed E-state index contributed by atoms with van der Waals surface area (Å²) in [4.78, 5) is 14.3. The molecule has 2 aromatic carbocycles. The van der Waals surface area contributed by atoms with Gasteiger partial charge in [-0.15, -0.1) is 0 Å². The molecule has 0 aliphatic carbocycles. The smallest absolute Gasteiger partial charge is 0.321 e. The van der Waals surface area contributed by atoms with Gasteiger partial charge in [0.2, 0.25) is 5.88 Å². The van der Waals surface area contributed by atoms with E-state index < -0.39 is 0 Å². The van der Waals surface area contributed by atoms with Gasteiger partial charge in [-0.05, 0) is 50.0 Å². The summed E-state index contributed by atoms with van der Waals surface area (Å²) in [5, 5.41) is 15.1. The van der Waals surface area contributed by atoms with Crippen molar-refractivity contribution in [1.82, 2.24) is 20.2 Å². The number of likely N-dealkylation sites (N-methyl/N-ethyl adjacent to an activating group) is 1. The zero-order valence-corrected chi connectivity index (χ0v) is 21.4. The van der Waals surface area contributed by atoms with Crippen LogP contribution in [0.2, 0.25) is 0 Å². The summed E-state index contributed by atoms with van der Waals surface area (Å²) in [5.74, 6) is 1.51. The maximum Gasteiger partial charge on any atom is 0.321 e. The third-order valence-corrected chi connectivity index (χ3v) is 7.98. The van der Waals surface area contributed by atoms with Crippen LogP contribution >= 0.6 is 0 Å². The number of hydrogen-bond acceptors (Lipinski definition) is 8. The third-order valence-electron chi connectivity index (χ3n) is 7.98. The van der Waals surface area contributed by atoms with Gasteiger partial charge in [0.15, 0.2) is 0 Å². The van der Waals surface area contributed by atoms with Gasteiger partial charge in [0, 0.05) is 37.3 Å². The number of likely N-dealkylation sites (tertiary alicyclic amines) is 1. The quantitative estimate of drug-likeness (QED) is 0.548. The first kappa shape index (κ1) is 24.0. The number of anilines is 1. The number of ether oxygens (including phenoxy) is 2. The van der Waals surface area contributed by atoms with Crippen LogP contribution in [0.5, 0.6) is 11.9 Å². The molecule has 0 spiro atoms. The second-order valence-corrected chi connectivity index (χ2v) is 10.4. The Bertz CT molecular complexity index is 1300. The van der Waals surface area contributed by atoms with Gasteiger partial charge in [-0.2, -0.15) is 15.2 Å². The largest absolute Gasteiger partial charge is 0.469 e. The van der Waals surface area contributed by atoms with Crippen LogP contribution in [0, 0.1) is 11.3 Å². The highest BCUT2D eigenvalue weighted by molar-refractivity contribution is 5.86. The normalized spacial score (nSPS) is 23.9. The lowest BCUT2D eigenvalue weighted by molar-refractivity contribution is 0.158. The van der Waals surface area contributed by atoms with E-state index in [4.69, 9.17) is 19.4 Å². The molecule has 3 atom stereocenters. The van der Waals surface area contributed by atoms with E-state index in [0.29, 0.717) is 31.0 Å². The van der Waals surface area contributed by atoms with Crippen LogP contribution in [0.1, 0.15) is 42.9 Å². The Kier molecular flexibility index (Phi) is 6.81. The predicted molar refractivity (Wildman–Crippen MR) is 143 cm³/mol. The highest BCUT2D eigenvalue weighted by Gasteiger charge is 2.32. The maximum atomic E-state index is 9.24. The second-order valence-electron chi connectivity index (χ2n) is 10.4. The monoisotopic (exact) mass is 498 g/mol. The second kappa shape index (κ2) is 10.5. The number of rotatable bonds is 6. The first-order chi connectivity index (χ1) is 18.2. The molecule has 37 heavy (non-hydrogen) atoms. The van der Waals surface area contributed by atoms with Gasteiger partial charge >= 0.3 is 6.01 Å². The van der Waals surface area contributed by atoms with E-state index in [2.05, 4.69) is 70.7 Å². The Morgan fingerprint density at radius 2 is 2.03 bits per heavy atom. The van der Waals surface area contributed by atoms with Crippen molar-refractivity contribution >= 4 is 16.6 Å². The fourth-order valence-corrected chi connectivity index (χ4v) is 5.92. The standard InChI is InChI=1S/C29H34N6O2/c1-34-16-5-8-22(34)19-36-29-32-27(35-17-15-31-21(18-35)13-14-30)25-11-12-26(37-28(25)33-29)24-10-4-7-20-6-2-3-9-23(20)24/h2-4,6-7,9-10,21-22,26,31H,5,8,11-13,15-19H2,1H3/t21-,22?,26?/m0/s1. The van der Waals surface area contributed by atoms with Gasteiger partial charge in [-0.1, -0.05) is 42.5 Å². The van der Waals surface area contributed by atoms with E-state index in [-0.39, 0.29) is 12.1 Å². The fourth-order valence-electron chi connectivity index (χ4n) is 5.92. The summed E-state index contributed by atoms with van der Waals surface area (Å²) in [6.07, 6.45) is 4.40. The first-order valence-electron chi connectivity index (χ1n) is 13.4. The van der Waals surface area contributed by atoms with Crippen molar-refractivity contribution in [3.63, 3.8) is 0 Å². The van der Waals surface area contributed by atoms with Gasteiger partial charge in [-0.25, -0.2) is 0 Å². The van der Waals surface area contributed by atoms with Crippen molar-refractivity contribution in [2.75, 3.05) is 44.7 Å². The molecular formula is C29H34N6O2. The van der Waals surface area contributed by atoms with Gasteiger partial charge < -0.3 is 24.6 Å². The summed E-state index contributed by atoms with van der Waals surface area (Å²) in [5.41, 5.74) is 2.23. The lowest BCUT2D eigenvalue weighted by Gasteiger charge is -2.36. The van der Waals surface area contributed by atoms with Crippen LogP contribution in [0.3, 0.4) is 0 Å². The van der Waals surface area contributed by atoms with Gasteiger partial charge in [-0.3, -0.25) is 0 Å². The molecule has 3 aromatic rings. The molecule has 2 unspecified atom stereocenters. The number of nitrogens with zero attached hydrogens (tertiary/aromatic N) is 5. The zero-order chi connectivity index (χ0) is 25.2. The van der Waals surface area contributed by atoms with E-state index in [1.165, 1.54) is 22.8 Å². The SMILES string of the molecule is CN1CCCC1COc1nc2c(c(N3CCN[C@@H](CC#N)C3)n1)CCC(c1cccc3ccccc13)O2. The molecule has 1 aromatic heterocycles. The number of aromatic nitrogens is 2. The van der Waals surface area contributed by atoms with E-state index in [9.17, 15) is 5.26 Å². The van der Waals surface area contributed by atoms with Crippen LogP contribution in [-0.4, -0.2) is 66.8 Å². The third kappa shape index (κ3) is 4.94. The molecule has 2 fully saturated rings. The van der Waals surface area contributed by atoms with Gasteiger partial charge in [0.25, 0.3) is 0 Å². The van der Waals surface area contributed by atoms with Crippen LogP contribution in [0.15, 0.2) is 42.5 Å². The Balaban J connectivity index is 1.32. The molecule has 8 nitrogen and oxygen atoms in total. The van der Waals surface area contributed by atoms with Crippen LogP contribution in [0.4, 0.5) is 5.82 Å². The van der Waals surface area contributed by atoms with Crippen LogP contribution in [-0.2, 0) is 6.42 Å². The molecule has 3 aliphatic heterocycles. The molecule has 0 amide bonds. The summed E-state index contributed by atoms with van der Waals surface area (Å²) in [7, 11) is 2.15. The minimum Gasteiger partial charge on any atom is -0.469 e. The summed E-state index contributed by atoms with van der Waals surface area (Å²) in [6, 6.07) is 18.0. The summed E-state index contributed by atoms with van der Waals surface area (Å²) >= 11 is 0. The molecule has 0 radical (unpaired) electrons. The highest BCUT2D eigenvalue weighted by Crippen LogP contribution is 2.41. The number of hydrogen-bond donors (Lipinski definition) is 1. The number of nitrogens with one attached hydrogen (secondary N) is 1. The molecule has 1 N–H and O–H groups in total. The fraction of sp³-hybridized carbons (Fsp3) is 0.483. The molecule has 8 heteroatoms. The Hall–Kier alpha value is -3.41. The van der Waals surface area contributed by atoms with E-state index in [1.54, 1.807) is 0 Å². The molecule has 4 heterocycles. The number of fused-ring (bicyclic) bond motifs is 2. The van der Waals surface area contributed by atoms with Crippen molar-refractivity contribution in [2.24, 2.45) is 0 Å². The van der Waals surface area contributed by atoms with Crippen LogP contribution < -0.4 is 19.7 Å². The molecule has 3 aliphatic rings. The summed E-state index contributed by atoms with van der Waals surface area (Å²) < 4.78 is 12.8. The average Bonchev–Trinajstić information content (AvgIpc) is 3.35. The Morgan fingerprint density at radius 1 is 1.14 bits per heavy atom. The topological polar surface area (TPSA) is 86.5 Å².